The van der Waals surface area contributed by atoms with Gasteiger partial charge in [-0.25, -0.2) is 0 Å². The maximum absolute atomic E-state index is 11.7. The monoisotopic (exact) mass is 201 g/mol. The summed E-state index contributed by atoms with van der Waals surface area (Å²) in [7, 11) is 5.69. The molecule has 2 rings (SSSR count). The number of nitrogens with zero attached hydrogens (tertiary/aromatic N) is 1. The second kappa shape index (κ2) is 3.19. The third-order valence-electron chi connectivity index (χ3n) is 3.28. The Bertz CT molecular complexity index is 225. The number of hydrogen-bond acceptors (Lipinski definition) is 2. The minimum Gasteiger partial charge on any atom is -0.445 e. The van der Waals surface area contributed by atoms with Crippen LogP contribution in [0, 0.1) is 0 Å². The number of quaternary nitrogens is 1. The molecular formula is C8H16N3OP. The molecule has 0 radical (unpaired) electrons. The molecule has 2 aliphatic heterocycles. The van der Waals surface area contributed by atoms with Crippen LogP contribution in [0.25, 0.3) is 0 Å². The highest BCUT2D eigenvalue weighted by Crippen LogP contribution is 2.21. The van der Waals surface area contributed by atoms with Gasteiger partial charge in [-0.1, -0.05) is 0 Å². The van der Waals surface area contributed by atoms with Crippen LogP contribution in [-0.4, -0.2) is 43.2 Å². The molecule has 2 N–H and O–H groups in total. The Morgan fingerprint density at radius 1 is 1.54 bits per heavy atom. The minimum absolute atomic E-state index is 0.191. The molecular weight excluding hydrogens is 185 g/mol. The number of nitrogens with one attached hydrogen (secondary N) is 2. The van der Waals surface area contributed by atoms with Crippen molar-refractivity contribution in [3.63, 3.8) is 0 Å². The van der Waals surface area contributed by atoms with Crippen LogP contribution in [0.3, 0.4) is 0 Å². The van der Waals surface area contributed by atoms with Crippen molar-refractivity contribution in [3.8, 4) is 0 Å². The van der Waals surface area contributed by atoms with Gasteiger partial charge in [0.2, 0.25) is 0 Å². The summed E-state index contributed by atoms with van der Waals surface area (Å²) in [6.07, 6.45) is 1.91. The van der Waals surface area contributed by atoms with Crippen molar-refractivity contribution < 1.29 is 9.46 Å². The van der Waals surface area contributed by atoms with Crippen LogP contribution in [-0.2, 0) is 4.79 Å². The first kappa shape index (κ1) is 9.38. The fourth-order valence-corrected chi connectivity index (χ4v) is 2.63. The molecule has 1 amide bonds. The maximum atomic E-state index is 11.7. The van der Waals surface area contributed by atoms with E-state index < -0.39 is 0 Å². The molecule has 0 aliphatic carbocycles. The molecule has 74 valence electrons. The van der Waals surface area contributed by atoms with Crippen molar-refractivity contribution in [2.45, 2.75) is 18.4 Å². The van der Waals surface area contributed by atoms with E-state index in [4.69, 9.17) is 0 Å². The number of amides is 1. The maximum Gasteiger partial charge on any atom is 0.283 e. The van der Waals surface area contributed by atoms with Gasteiger partial charge < -0.3 is 14.9 Å². The Hall–Kier alpha value is -0.180. The zero-order chi connectivity index (χ0) is 9.47. The van der Waals surface area contributed by atoms with Gasteiger partial charge in [0.05, 0.1) is 0 Å². The molecule has 4 nitrogen and oxygen atoms in total. The Labute approximate surface area is 80.9 Å². The van der Waals surface area contributed by atoms with E-state index in [1.807, 2.05) is 0 Å². The lowest BCUT2D eigenvalue weighted by Crippen LogP contribution is -3.11. The Kier molecular flexibility index (Phi) is 2.30. The van der Waals surface area contributed by atoms with E-state index >= 15 is 0 Å². The predicted molar refractivity (Wildman–Crippen MR) is 51.7 cm³/mol. The number of likely N-dealkylation sites (tertiary alicyclic amines) is 1. The molecule has 1 spiro atoms. The molecule has 0 aromatic carbocycles. The molecule has 0 saturated carbocycles. The number of rotatable bonds is 0. The van der Waals surface area contributed by atoms with Gasteiger partial charge in [0, 0.05) is 25.9 Å². The summed E-state index contributed by atoms with van der Waals surface area (Å²) >= 11 is 0. The molecule has 1 unspecified atom stereocenters. The van der Waals surface area contributed by atoms with Crippen LogP contribution in [0.15, 0.2) is 0 Å². The number of carbonyl (C=O) groups excluding carboxylic acids is 1. The normalized spacial score (nSPS) is 33.7. The quantitative estimate of drug-likeness (QED) is 0.467. The first-order valence-electron chi connectivity index (χ1n) is 4.70. The van der Waals surface area contributed by atoms with Crippen LogP contribution >= 0.6 is 9.39 Å². The Morgan fingerprint density at radius 2 is 2.15 bits per heavy atom. The molecule has 0 aromatic rings. The van der Waals surface area contributed by atoms with Crippen molar-refractivity contribution in [1.29, 1.82) is 0 Å². The predicted octanol–water partition coefficient (Wildman–Crippen LogP) is -1.52. The number of piperidine rings is 1. The topological polar surface area (TPSA) is 36.8 Å². The first-order chi connectivity index (χ1) is 6.15. The fraction of sp³-hybridized carbons (Fsp3) is 0.875. The summed E-state index contributed by atoms with van der Waals surface area (Å²) in [5.74, 6) is 0.214. The van der Waals surface area contributed by atoms with Crippen LogP contribution < -0.4 is 9.99 Å². The van der Waals surface area contributed by atoms with Crippen LogP contribution in [0.2, 0.25) is 0 Å². The van der Waals surface area contributed by atoms with E-state index in [9.17, 15) is 4.79 Å². The molecule has 1 atom stereocenters. The van der Waals surface area contributed by atoms with Gasteiger partial charge in [0.1, 0.15) is 6.67 Å². The summed E-state index contributed by atoms with van der Waals surface area (Å²) in [6.45, 7) is 2.74. The Balaban J connectivity index is 2.15. The summed E-state index contributed by atoms with van der Waals surface area (Å²) in [5.41, 5.74) is -0.191. The van der Waals surface area contributed by atoms with E-state index in [0.717, 1.165) is 30.6 Å². The van der Waals surface area contributed by atoms with Gasteiger partial charge in [-0.3, -0.25) is 14.2 Å². The van der Waals surface area contributed by atoms with Gasteiger partial charge in [0.15, 0.2) is 5.54 Å². The molecule has 2 heterocycles. The molecule has 2 aliphatic rings. The summed E-state index contributed by atoms with van der Waals surface area (Å²) in [6, 6.07) is 0. The molecule has 0 bridgehead atoms. The third kappa shape index (κ3) is 1.37. The smallest absolute Gasteiger partial charge is 0.283 e. The van der Waals surface area contributed by atoms with E-state index in [-0.39, 0.29) is 11.4 Å². The van der Waals surface area contributed by atoms with E-state index in [1.165, 1.54) is 0 Å². The second-order valence-electron chi connectivity index (χ2n) is 4.05. The van der Waals surface area contributed by atoms with Crippen LogP contribution in [0.5, 0.6) is 0 Å². The van der Waals surface area contributed by atoms with Crippen molar-refractivity contribution in [2.75, 3.05) is 26.8 Å². The van der Waals surface area contributed by atoms with E-state index in [0.29, 0.717) is 6.67 Å². The third-order valence-corrected chi connectivity index (χ3v) is 3.93. The molecule has 13 heavy (non-hydrogen) atoms. The molecule has 5 heteroatoms. The first-order valence-corrected chi connectivity index (χ1v) is 5.20. The van der Waals surface area contributed by atoms with Crippen molar-refractivity contribution in [1.82, 2.24) is 10.2 Å². The highest BCUT2D eigenvalue weighted by molar-refractivity contribution is 7.07. The summed E-state index contributed by atoms with van der Waals surface area (Å²) in [5, 5.41) is 2.90. The van der Waals surface area contributed by atoms with E-state index in [2.05, 4.69) is 26.7 Å². The lowest BCUT2D eigenvalue weighted by atomic mass is 9.88. The zero-order valence-corrected chi connectivity index (χ0v) is 8.89. The van der Waals surface area contributed by atoms with Gasteiger partial charge >= 0.3 is 0 Å². The summed E-state index contributed by atoms with van der Waals surface area (Å²) in [4.78, 5) is 14.0. The average molecular weight is 201 g/mol. The lowest BCUT2D eigenvalue weighted by molar-refractivity contribution is -0.803. The second-order valence-corrected chi connectivity index (χ2v) is 4.65. The minimum atomic E-state index is -0.191. The van der Waals surface area contributed by atoms with E-state index in [1.54, 1.807) is 0 Å². The standard InChI is InChI=1S/C8H16N3OP/c1-10-4-2-8(3-5-10)7(12)9-6-11(8)13/h11,13H,2-6H2,1H3,(H,9,12). The van der Waals surface area contributed by atoms with Crippen LogP contribution in [0.1, 0.15) is 12.8 Å². The van der Waals surface area contributed by atoms with Gasteiger partial charge in [-0.2, -0.15) is 0 Å². The SMILES string of the molecule is CN1CCC2(CC1)C(=O)NC[NH+]2[PH-]. The van der Waals surface area contributed by atoms with Gasteiger partial charge in [0.25, 0.3) is 5.91 Å². The van der Waals surface area contributed by atoms with Gasteiger partial charge in [-0.05, 0) is 7.05 Å². The lowest BCUT2D eigenvalue weighted by Gasteiger charge is -2.41. The highest BCUT2D eigenvalue weighted by Gasteiger charge is 2.48. The zero-order valence-electron chi connectivity index (χ0n) is 7.89. The molecule has 0 aromatic heterocycles. The molecule has 2 fully saturated rings. The number of carbonyl (C=O) groups is 1. The highest BCUT2D eigenvalue weighted by atomic mass is 31.0. The Morgan fingerprint density at radius 3 is 2.62 bits per heavy atom. The fourth-order valence-electron chi connectivity index (χ4n) is 2.17. The largest absolute Gasteiger partial charge is 0.445 e. The van der Waals surface area contributed by atoms with Crippen LogP contribution in [0.4, 0.5) is 0 Å². The number of hydrogen-bond donors (Lipinski definition) is 2. The van der Waals surface area contributed by atoms with Crippen molar-refractivity contribution >= 4 is 15.3 Å². The van der Waals surface area contributed by atoms with Crippen molar-refractivity contribution in [3.05, 3.63) is 0 Å². The van der Waals surface area contributed by atoms with Gasteiger partial charge in [-0.15, -0.1) is 0 Å². The molecule has 2 saturated heterocycles. The summed E-state index contributed by atoms with van der Waals surface area (Å²) < 4.78 is 1.14. The van der Waals surface area contributed by atoms with Crippen molar-refractivity contribution in [2.24, 2.45) is 0 Å². The average Bonchev–Trinajstić information content (AvgIpc) is 2.39.